The van der Waals surface area contributed by atoms with Crippen LogP contribution in [0.1, 0.15) is 27.7 Å². The molecule has 0 aromatic carbocycles. The molecule has 3 heteroatoms. The highest BCUT2D eigenvalue weighted by Gasteiger charge is 2.19. The van der Waals surface area contributed by atoms with Crippen LogP contribution in [0.3, 0.4) is 0 Å². The molecule has 0 unspecified atom stereocenters. The zero-order valence-corrected chi connectivity index (χ0v) is 11.6. The third-order valence-electron chi connectivity index (χ3n) is 2.22. The van der Waals surface area contributed by atoms with Gasteiger partial charge in [0.15, 0.2) is 0 Å². The largest absolute Gasteiger partial charge is 0.380 e. The number of alkyl halides is 1. The van der Waals surface area contributed by atoms with E-state index in [9.17, 15) is 0 Å². The molecule has 0 bridgehead atoms. The SMILES string of the molecule is CCOCCN(CC)CC(C)(C)CBr. The first-order valence-electron chi connectivity index (χ1n) is 5.41. The number of ether oxygens (including phenoxy) is 1. The highest BCUT2D eigenvalue weighted by atomic mass is 79.9. The number of nitrogens with zero attached hydrogens (tertiary/aromatic N) is 1. The van der Waals surface area contributed by atoms with Crippen LogP contribution >= 0.6 is 15.9 Å². The molecule has 0 aliphatic rings. The molecule has 0 saturated carbocycles. The Hall–Kier alpha value is 0.400. The number of rotatable bonds is 8. The van der Waals surface area contributed by atoms with Crippen molar-refractivity contribution in [3.05, 3.63) is 0 Å². The van der Waals surface area contributed by atoms with Gasteiger partial charge < -0.3 is 9.64 Å². The molecule has 14 heavy (non-hydrogen) atoms. The van der Waals surface area contributed by atoms with Crippen molar-refractivity contribution in [2.45, 2.75) is 27.7 Å². The molecule has 0 aliphatic carbocycles. The summed E-state index contributed by atoms with van der Waals surface area (Å²) in [6.07, 6.45) is 0. The fraction of sp³-hybridized carbons (Fsp3) is 1.00. The van der Waals surface area contributed by atoms with E-state index in [2.05, 4.69) is 41.6 Å². The van der Waals surface area contributed by atoms with Gasteiger partial charge in [0.1, 0.15) is 0 Å². The minimum Gasteiger partial charge on any atom is -0.380 e. The molecule has 0 amide bonds. The lowest BCUT2D eigenvalue weighted by Crippen LogP contribution is -2.37. The molecular formula is C11H24BrNO. The van der Waals surface area contributed by atoms with E-state index >= 15 is 0 Å². The first-order valence-corrected chi connectivity index (χ1v) is 6.54. The summed E-state index contributed by atoms with van der Waals surface area (Å²) in [6, 6.07) is 0. The van der Waals surface area contributed by atoms with Crippen molar-refractivity contribution in [3.8, 4) is 0 Å². The quantitative estimate of drug-likeness (QED) is 0.495. The minimum absolute atomic E-state index is 0.349. The number of halogens is 1. The van der Waals surface area contributed by atoms with Gasteiger partial charge in [-0.25, -0.2) is 0 Å². The van der Waals surface area contributed by atoms with E-state index in [1.807, 2.05) is 6.92 Å². The lowest BCUT2D eigenvalue weighted by atomic mass is 9.96. The van der Waals surface area contributed by atoms with Gasteiger partial charge in [-0.15, -0.1) is 0 Å². The Morgan fingerprint density at radius 2 is 1.93 bits per heavy atom. The molecule has 0 saturated heterocycles. The first kappa shape index (κ1) is 14.4. The second-order valence-electron chi connectivity index (χ2n) is 4.36. The van der Waals surface area contributed by atoms with Crippen molar-refractivity contribution in [2.75, 3.05) is 38.2 Å². The Morgan fingerprint density at radius 1 is 1.29 bits per heavy atom. The molecule has 0 fully saturated rings. The molecular weight excluding hydrogens is 242 g/mol. The summed E-state index contributed by atoms with van der Waals surface area (Å²) in [7, 11) is 0. The Bertz CT molecular complexity index is 139. The van der Waals surface area contributed by atoms with Crippen molar-refractivity contribution < 1.29 is 4.74 Å². The van der Waals surface area contributed by atoms with E-state index in [4.69, 9.17) is 4.74 Å². The topological polar surface area (TPSA) is 12.5 Å². The van der Waals surface area contributed by atoms with Crippen LogP contribution in [-0.2, 0) is 4.74 Å². The molecule has 0 heterocycles. The fourth-order valence-electron chi connectivity index (χ4n) is 1.33. The zero-order chi connectivity index (χ0) is 11.0. The number of likely N-dealkylation sites (N-methyl/N-ethyl adjacent to an activating group) is 1. The average molecular weight is 266 g/mol. The molecule has 0 aliphatic heterocycles. The Kier molecular flexibility index (Phi) is 7.88. The highest BCUT2D eigenvalue weighted by Crippen LogP contribution is 2.19. The lowest BCUT2D eigenvalue weighted by Gasteiger charge is -2.30. The molecule has 0 atom stereocenters. The van der Waals surface area contributed by atoms with Crippen LogP contribution in [0.5, 0.6) is 0 Å². The molecule has 86 valence electrons. The summed E-state index contributed by atoms with van der Waals surface area (Å²) in [5.74, 6) is 0. The molecule has 2 nitrogen and oxygen atoms in total. The molecule has 0 aromatic rings. The van der Waals surface area contributed by atoms with Crippen LogP contribution in [0.2, 0.25) is 0 Å². The summed E-state index contributed by atoms with van der Waals surface area (Å²) in [5.41, 5.74) is 0.349. The van der Waals surface area contributed by atoms with Crippen molar-refractivity contribution in [1.82, 2.24) is 4.90 Å². The fourth-order valence-corrected chi connectivity index (χ4v) is 1.51. The van der Waals surface area contributed by atoms with Gasteiger partial charge in [-0.05, 0) is 18.9 Å². The molecule has 0 rings (SSSR count). The van der Waals surface area contributed by atoms with Crippen LogP contribution in [0, 0.1) is 5.41 Å². The van der Waals surface area contributed by atoms with Crippen LogP contribution in [0.15, 0.2) is 0 Å². The summed E-state index contributed by atoms with van der Waals surface area (Å²) in [5, 5.41) is 1.05. The van der Waals surface area contributed by atoms with Crippen molar-refractivity contribution in [3.63, 3.8) is 0 Å². The van der Waals surface area contributed by atoms with Gasteiger partial charge in [0, 0.05) is 25.0 Å². The van der Waals surface area contributed by atoms with Gasteiger partial charge in [0.05, 0.1) is 6.61 Å². The van der Waals surface area contributed by atoms with Crippen LogP contribution in [0.4, 0.5) is 0 Å². The van der Waals surface area contributed by atoms with Crippen LogP contribution in [-0.4, -0.2) is 43.1 Å². The van der Waals surface area contributed by atoms with Crippen LogP contribution < -0.4 is 0 Å². The maximum Gasteiger partial charge on any atom is 0.0593 e. The highest BCUT2D eigenvalue weighted by molar-refractivity contribution is 9.09. The monoisotopic (exact) mass is 265 g/mol. The van der Waals surface area contributed by atoms with E-state index in [0.29, 0.717) is 5.41 Å². The second kappa shape index (κ2) is 7.66. The summed E-state index contributed by atoms with van der Waals surface area (Å²) in [4.78, 5) is 2.44. The Balaban J connectivity index is 3.78. The van der Waals surface area contributed by atoms with Gasteiger partial charge in [-0.1, -0.05) is 36.7 Å². The van der Waals surface area contributed by atoms with Gasteiger partial charge >= 0.3 is 0 Å². The number of hydrogen-bond donors (Lipinski definition) is 0. The minimum atomic E-state index is 0.349. The van der Waals surface area contributed by atoms with E-state index in [-0.39, 0.29) is 0 Å². The van der Waals surface area contributed by atoms with E-state index in [1.165, 1.54) is 0 Å². The average Bonchev–Trinajstić information content (AvgIpc) is 2.16. The van der Waals surface area contributed by atoms with Gasteiger partial charge in [0.2, 0.25) is 0 Å². The third-order valence-corrected chi connectivity index (χ3v) is 3.73. The van der Waals surface area contributed by atoms with E-state index < -0.39 is 0 Å². The summed E-state index contributed by atoms with van der Waals surface area (Å²) < 4.78 is 5.36. The lowest BCUT2D eigenvalue weighted by molar-refractivity contribution is 0.101. The normalized spacial score (nSPS) is 12.4. The van der Waals surface area contributed by atoms with Crippen molar-refractivity contribution in [1.29, 1.82) is 0 Å². The molecule has 0 spiro atoms. The molecule has 0 aromatic heterocycles. The molecule has 0 radical (unpaired) electrons. The van der Waals surface area contributed by atoms with Gasteiger partial charge in [-0.2, -0.15) is 0 Å². The molecule has 0 N–H and O–H groups in total. The van der Waals surface area contributed by atoms with E-state index in [1.54, 1.807) is 0 Å². The maximum absolute atomic E-state index is 5.36. The standard InChI is InChI=1S/C11H24BrNO/c1-5-13(7-8-14-6-2)10-11(3,4)9-12/h5-10H2,1-4H3. The van der Waals surface area contributed by atoms with Crippen LogP contribution in [0.25, 0.3) is 0 Å². The predicted molar refractivity (Wildman–Crippen MR) is 66.2 cm³/mol. The zero-order valence-electron chi connectivity index (χ0n) is 9.98. The van der Waals surface area contributed by atoms with Gasteiger partial charge in [0.25, 0.3) is 0 Å². The third kappa shape index (κ3) is 6.80. The number of hydrogen-bond acceptors (Lipinski definition) is 2. The summed E-state index contributed by atoms with van der Waals surface area (Å²) in [6.45, 7) is 13.7. The Labute approximate surface area is 97.1 Å². The smallest absolute Gasteiger partial charge is 0.0593 e. The summed E-state index contributed by atoms with van der Waals surface area (Å²) >= 11 is 3.55. The Morgan fingerprint density at radius 3 is 2.36 bits per heavy atom. The van der Waals surface area contributed by atoms with Crippen molar-refractivity contribution >= 4 is 15.9 Å². The predicted octanol–water partition coefficient (Wildman–Crippen LogP) is 2.77. The van der Waals surface area contributed by atoms with Crippen molar-refractivity contribution in [2.24, 2.45) is 5.41 Å². The first-order chi connectivity index (χ1) is 6.55. The van der Waals surface area contributed by atoms with E-state index in [0.717, 1.165) is 38.2 Å². The van der Waals surface area contributed by atoms with Gasteiger partial charge in [-0.3, -0.25) is 0 Å². The maximum atomic E-state index is 5.36. The second-order valence-corrected chi connectivity index (χ2v) is 4.92.